The third kappa shape index (κ3) is 6.67. The zero-order valence-electron chi connectivity index (χ0n) is 26.6. The van der Waals surface area contributed by atoms with Gasteiger partial charge >= 0.3 is 0 Å². The average Bonchev–Trinajstić information content (AvgIpc) is 2.96. The molecule has 0 aliphatic carbocycles. The van der Waals surface area contributed by atoms with E-state index in [0.717, 1.165) is 11.1 Å². The first-order valence-electron chi connectivity index (χ1n) is 16.2. The summed E-state index contributed by atoms with van der Waals surface area (Å²) < 4.78 is 0. The van der Waals surface area contributed by atoms with E-state index >= 15 is 0 Å². The Labute approximate surface area is 255 Å². The SMILES string of the molecule is CCC[Si](C)(C#Cc1cc(C#C[Si](C)(CCC)CCC)c2cc3cc4cc5ccccc5cc4cc3cc2c1)CCC. The Morgan fingerprint density at radius 3 is 1.40 bits per heavy atom. The molecule has 0 nitrogen and oxygen atoms in total. The molecule has 0 unspecified atom stereocenters. The summed E-state index contributed by atoms with van der Waals surface area (Å²) >= 11 is 0. The van der Waals surface area contributed by atoms with Crippen LogP contribution in [-0.4, -0.2) is 16.1 Å². The second-order valence-electron chi connectivity index (χ2n) is 13.0. The Bertz CT molecular complexity index is 1860. The summed E-state index contributed by atoms with van der Waals surface area (Å²) in [6.07, 6.45) is 4.88. The molecule has 0 saturated carbocycles. The van der Waals surface area contributed by atoms with Crippen molar-refractivity contribution in [3.63, 3.8) is 0 Å². The molecule has 0 aliphatic rings. The fourth-order valence-electron chi connectivity index (χ4n) is 6.88. The van der Waals surface area contributed by atoms with Crippen LogP contribution < -0.4 is 0 Å². The van der Waals surface area contributed by atoms with Crippen LogP contribution in [0.4, 0.5) is 0 Å². The Morgan fingerprint density at radius 2 is 0.905 bits per heavy atom. The normalized spacial score (nSPS) is 12.0. The minimum atomic E-state index is -1.61. The molecule has 0 radical (unpaired) electrons. The Kier molecular flexibility index (Phi) is 9.27. The van der Waals surface area contributed by atoms with Gasteiger partial charge in [-0.3, -0.25) is 0 Å². The average molecular weight is 583 g/mol. The molecule has 0 heterocycles. The number of hydrogen-bond acceptors (Lipinski definition) is 0. The molecule has 0 saturated heterocycles. The highest BCUT2D eigenvalue weighted by molar-refractivity contribution is 6.86. The molecule has 5 rings (SSSR count). The quantitative estimate of drug-likeness (QED) is 0.0969. The van der Waals surface area contributed by atoms with E-state index in [1.807, 2.05) is 0 Å². The van der Waals surface area contributed by atoms with Crippen molar-refractivity contribution in [2.45, 2.75) is 90.6 Å². The van der Waals surface area contributed by atoms with Gasteiger partial charge in [0.25, 0.3) is 0 Å². The van der Waals surface area contributed by atoms with E-state index in [1.165, 1.54) is 92.9 Å². The van der Waals surface area contributed by atoms with Crippen LogP contribution >= 0.6 is 0 Å². The first kappa shape index (κ1) is 30.2. The Hall–Kier alpha value is -3.31. The summed E-state index contributed by atoms with van der Waals surface area (Å²) in [5.74, 6) is 7.46. The van der Waals surface area contributed by atoms with Crippen LogP contribution in [0, 0.1) is 22.9 Å². The zero-order valence-corrected chi connectivity index (χ0v) is 28.6. The second kappa shape index (κ2) is 12.9. The van der Waals surface area contributed by atoms with Crippen LogP contribution in [0.2, 0.25) is 37.3 Å². The van der Waals surface area contributed by atoms with Crippen molar-refractivity contribution < 1.29 is 0 Å². The molecule has 0 aliphatic heterocycles. The maximum Gasteiger partial charge on any atom is 0.135 e. The molecule has 42 heavy (non-hydrogen) atoms. The molecule has 2 heteroatoms. The highest BCUT2D eigenvalue weighted by Gasteiger charge is 2.23. The lowest BCUT2D eigenvalue weighted by Gasteiger charge is -2.19. The van der Waals surface area contributed by atoms with Crippen molar-refractivity contribution >= 4 is 59.2 Å². The van der Waals surface area contributed by atoms with Gasteiger partial charge in [0.15, 0.2) is 0 Å². The monoisotopic (exact) mass is 582 g/mol. The second-order valence-corrected chi connectivity index (χ2v) is 21.7. The van der Waals surface area contributed by atoms with Gasteiger partial charge in [-0.25, -0.2) is 0 Å². The van der Waals surface area contributed by atoms with Crippen LogP contribution in [0.3, 0.4) is 0 Å². The summed E-state index contributed by atoms with van der Waals surface area (Å²) in [4.78, 5) is 0. The number of hydrogen-bond donors (Lipinski definition) is 0. The smallest absolute Gasteiger partial charge is 0.126 e. The van der Waals surface area contributed by atoms with E-state index in [4.69, 9.17) is 0 Å². The molecule has 0 N–H and O–H groups in total. The number of benzene rings is 5. The number of fused-ring (bicyclic) bond motifs is 4. The topological polar surface area (TPSA) is 0 Å². The van der Waals surface area contributed by atoms with E-state index in [0.29, 0.717) is 0 Å². The fraction of sp³-hybridized carbons (Fsp3) is 0.350. The molecular weight excluding hydrogens is 537 g/mol. The third-order valence-electron chi connectivity index (χ3n) is 8.94. The van der Waals surface area contributed by atoms with Crippen LogP contribution in [-0.2, 0) is 0 Å². The van der Waals surface area contributed by atoms with Crippen LogP contribution in [0.15, 0.2) is 72.8 Å². The van der Waals surface area contributed by atoms with Gasteiger partial charge in [0.1, 0.15) is 16.1 Å². The predicted molar refractivity (Wildman–Crippen MR) is 194 cm³/mol. The molecule has 0 spiro atoms. The lowest BCUT2D eigenvalue weighted by atomic mass is 9.95. The molecule has 5 aromatic carbocycles. The Morgan fingerprint density at radius 1 is 0.476 bits per heavy atom. The zero-order chi connectivity index (χ0) is 29.7. The van der Waals surface area contributed by atoms with Gasteiger partial charge in [0.05, 0.1) is 0 Å². The standard InChI is InChI=1S/C40H46Si2/c1-7-17-41(5,18-8-2)21-15-31-23-34(16-22-42(6,19-9-3)20-10-4)40-30-38-28-36-26-33-14-12-11-13-32(33)25-35(36)27-37(38)29-39(40)24-31/h11-14,23-30H,7-10,17-20H2,1-6H3. The third-order valence-corrected chi connectivity index (χ3v) is 16.8. The van der Waals surface area contributed by atoms with E-state index in [2.05, 4.69) is 137 Å². The van der Waals surface area contributed by atoms with E-state index in [9.17, 15) is 0 Å². The molecular formula is C40H46Si2. The predicted octanol–water partition coefficient (Wildman–Crippen LogP) is 11.9. The Balaban J connectivity index is 1.72. The van der Waals surface area contributed by atoms with Gasteiger partial charge < -0.3 is 0 Å². The van der Waals surface area contributed by atoms with Crippen molar-refractivity contribution in [2.24, 2.45) is 0 Å². The number of rotatable bonds is 8. The summed E-state index contributed by atoms with van der Waals surface area (Å²) in [6, 6.07) is 32.5. The summed E-state index contributed by atoms with van der Waals surface area (Å²) in [7, 11) is -3.19. The highest BCUT2D eigenvalue weighted by Crippen LogP contribution is 2.32. The van der Waals surface area contributed by atoms with Gasteiger partial charge in [-0.2, -0.15) is 0 Å². The first-order chi connectivity index (χ1) is 20.3. The molecule has 5 aromatic rings. The minimum Gasteiger partial charge on any atom is -0.126 e. The molecule has 0 amide bonds. The van der Waals surface area contributed by atoms with Gasteiger partial charge in [-0.05, 0) is 116 Å². The lowest BCUT2D eigenvalue weighted by Crippen LogP contribution is -2.27. The van der Waals surface area contributed by atoms with Crippen molar-refractivity contribution in [3.05, 3.63) is 83.9 Å². The maximum absolute atomic E-state index is 3.89. The van der Waals surface area contributed by atoms with Crippen molar-refractivity contribution in [3.8, 4) is 22.9 Å². The lowest BCUT2D eigenvalue weighted by molar-refractivity contribution is 0.992. The largest absolute Gasteiger partial charge is 0.135 e. The van der Waals surface area contributed by atoms with E-state index < -0.39 is 16.1 Å². The first-order valence-corrected chi connectivity index (χ1v) is 22.0. The summed E-state index contributed by atoms with van der Waals surface area (Å²) in [5.41, 5.74) is 10.0. The summed E-state index contributed by atoms with van der Waals surface area (Å²) in [6.45, 7) is 14.2. The van der Waals surface area contributed by atoms with E-state index in [1.54, 1.807) is 0 Å². The van der Waals surface area contributed by atoms with Crippen LogP contribution in [0.1, 0.15) is 64.5 Å². The molecule has 0 aromatic heterocycles. The van der Waals surface area contributed by atoms with Gasteiger partial charge in [0.2, 0.25) is 0 Å². The van der Waals surface area contributed by atoms with Gasteiger partial charge in [-0.15, -0.1) is 11.1 Å². The van der Waals surface area contributed by atoms with Crippen molar-refractivity contribution in [1.29, 1.82) is 0 Å². The van der Waals surface area contributed by atoms with Crippen LogP contribution in [0.5, 0.6) is 0 Å². The molecule has 0 fully saturated rings. The fourth-order valence-corrected chi connectivity index (χ4v) is 13.2. The van der Waals surface area contributed by atoms with Gasteiger partial charge in [0, 0.05) is 11.1 Å². The highest BCUT2D eigenvalue weighted by atomic mass is 28.3. The van der Waals surface area contributed by atoms with Crippen molar-refractivity contribution in [2.75, 3.05) is 0 Å². The molecule has 214 valence electrons. The van der Waals surface area contributed by atoms with Gasteiger partial charge in [-0.1, -0.05) is 103 Å². The molecule has 0 bridgehead atoms. The van der Waals surface area contributed by atoms with E-state index in [-0.39, 0.29) is 0 Å². The van der Waals surface area contributed by atoms with Crippen LogP contribution in [0.25, 0.3) is 43.1 Å². The minimum absolute atomic E-state index is 1.12. The van der Waals surface area contributed by atoms with Crippen molar-refractivity contribution in [1.82, 2.24) is 0 Å². The molecule has 0 atom stereocenters. The maximum atomic E-state index is 3.89. The summed E-state index contributed by atoms with van der Waals surface area (Å²) in [5, 5.41) is 10.2.